The number of amides is 1. The van der Waals surface area contributed by atoms with Crippen LogP contribution in [0.2, 0.25) is 0 Å². The molecule has 27 heavy (non-hydrogen) atoms. The zero-order valence-corrected chi connectivity index (χ0v) is 18.1. The quantitative estimate of drug-likeness (QED) is 0.611. The van der Waals surface area contributed by atoms with E-state index in [4.69, 9.17) is 18.5 Å². The van der Waals surface area contributed by atoms with Crippen LogP contribution >= 0.6 is 7.60 Å². The molecule has 0 aliphatic carbocycles. The minimum Gasteiger partial charge on any atom is -0.444 e. The van der Waals surface area contributed by atoms with Gasteiger partial charge in [-0.3, -0.25) is 4.57 Å². The van der Waals surface area contributed by atoms with Gasteiger partial charge >= 0.3 is 13.7 Å². The van der Waals surface area contributed by atoms with Gasteiger partial charge in [-0.05, 0) is 32.3 Å². The highest BCUT2D eigenvalue weighted by Gasteiger charge is 2.44. The summed E-state index contributed by atoms with van der Waals surface area (Å²) >= 11 is 0. The molecule has 0 radical (unpaired) electrons. The van der Waals surface area contributed by atoms with Gasteiger partial charge in [0.2, 0.25) is 0 Å². The number of benzene rings is 1. The number of carbonyl (C=O) groups is 1. The number of rotatable bonds is 9. The van der Waals surface area contributed by atoms with Gasteiger partial charge in [-0.1, -0.05) is 44.2 Å². The molecule has 7 nitrogen and oxygen atoms in total. The molecule has 0 unspecified atom stereocenters. The van der Waals surface area contributed by atoms with Crippen LogP contribution in [0.5, 0.6) is 0 Å². The maximum atomic E-state index is 13.1. The fourth-order valence-corrected chi connectivity index (χ4v) is 4.14. The van der Waals surface area contributed by atoms with Crippen LogP contribution in [0.15, 0.2) is 30.3 Å². The molecule has 0 saturated heterocycles. The summed E-state index contributed by atoms with van der Waals surface area (Å²) in [5.74, 6) is -1.10. The van der Waals surface area contributed by atoms with E-state index in [9.17, 15) is 9.36 Å². The summed E-state index contributed by atoms with van der Waals surface area (Å²) < 4.78 is 34.7. The molecule has 0 aliphatic heterocycles. The lowest BCUT2D eigenvalue weighted by atomic mass is 10.1. The van der Waals surface area contributed by atoms with E-state index in [0.717, 1.165) is 5.56 Å². The normalized spacial score (nSPS) is 14.7. The molecule has 0 bridgehead atoms. The second kappa shape index (κ2) is 10.2. The number of hydrogen-bond acceptors (Lipinski definition) is 6. The standard InChI is InChI=1S/C19H32NO6P/c1-14(2)16(25-13-15-11-9-8-10-12-15)17(27(22,23-6)24-7)20-18(21)26-19(3,4)5/h8-12,14,16-17H,13H2,1-7H3,(H,20,21)/t16-,17+/m0/s1. The van der Waals surface area contributed by atoms with Crippen molar-refractivity contribution in [3.63, 3.8) is 0 Å². The predicted octanol–water partition coefficient (Wildman–Crippen LogP) is 4.56. The zero-order valence-electron chi connectivity index (χ0n) is 17.2. The smallest absolute Gasteiger partial charge is 0.408 e. The molecule has 2 atom stereocenters. The van der Waals surface area contributed by atoms with Crippen molar-refractivity contribution in [2.24, 2.45) is 5.92 Å². The third-order valence-electron chi connectivity index (χ3n) is 3.77. The Hall–Kier alpha value is -1.40. The predicted molar refractivity (Wildman–Crippen MR) is 105 cm³/mol. The Labute approximate surface area is 162 Å². The second-order valence-electron chi connectivity index (χ2n) is 7.50. The molecule has 8 heteroatoms. The zero-order chi connectivity index (χ0) is 20.7. The maximum Gasteiger partial charge on any atom is 0.408 e. The Balaban J connectivity index is 3.07. The minimum atomic E-state index is -3.68. The lowest BCUT2D eigenvalue weighted by Gasteiger charge is -2.34. The van der Waals surface area contributed by atoms with Gasteiger partial charge in [-0.25, -0.2) is 4.79 Å². The number of hydrogen-bond donors (Lipinski definition) is 1. The molecule has 0 saturated carbocycles. The van der Waals surface area contributed by atoms with Crippen LogP contribution in [0.25, 0.3) is 0 Å². The molecular weight excluding hydrogens is 369 g/mol. The van der Waals surface area contributed by atoms with Crippen LogP contribution in [0.3, 0.4) is 0 Å². The third-order valence-corrected chi connectivity index (χ3v) is 5.89. The van der Waals surface area contributed by atoms with Crippen LogP contribution in [-0.4, -0.2) is 37.8 Å². The Morgan fingerprint density at radius 1 is 1.11 bits per heavy atom. The van der Waals surface area contributed by atoms with E-state index in [-0.39, 0.29) is 5.92 Å². The number of alkyl carbamates (subject to hydrolysis) is 1. The first-order valence-corrected chi connectivity index (χ1v) is 10.5. The Kier molecular flexibility index (Phi) is 8.95. The Morgan fingerprint density at radius 3 is 2.11 bits per heavy atom. The van der Waals surface area contributed by atoms with Crippen LogP contribution in [0.1, 0.15) is 40.2 Å². The van der Waals surface area contributed by atoms with E-state index < -0.39 is 31.2 Å². The highest BCUT2D eigenvalue weighted by Crippen LogP contribution is 2.53. The van der Waals surface area contributed by atoms with Gasteiger partial charge in [-0.2, -0.15) is 0 Å². The van der Waals surface area contributed by atoms with Crippen molar-refractivity contribution in [2.45, 2.75) is 58.7 Å². The number of nitrogens with one attached hydrogen (secondary N) is 1. The average Bonchev–Trinajstić information content (AvgIpc) is 2.59. The lowest BCUT2D eigenvalue weighted by molar-refractivity contribution is -0.00840. The average molecular weight is 401 g/mol. The van der Waals surface area contributed by atoms with Crippen molar-refractivity contribution in [1.82, 2.24) is 5.32 Å². The van der Waals surface area contributed by atoms with Gasteiger partial charge in [0.05, 0.1) is 12.7 Å². The third kappa shape index (κ3) is 7.62. The lowest BCUT2D eigenvalue weighted by Crippen LogP contribution is -2.48. The van der Waals surface area contributed by atoms with Gasteiger partial charge in [0, 0.05) is 14.2 Å². The Bertz CT molecular complexity index is 621. The van der Waals surface area contributed by atoms with Crippen LogP contribution < -0.4 is 5.32 Å². The van der Waals surface area contributed by atoms with Crippen LogP contribution in [0, 0.1) is 5.92 Å². The summed E-state index contributed by atoms with van der Waals surface area (Å²) in [5.41, 5.74) is 0.264. The van der Waals surface area contributed by atoms with Crippen molar-refractivity contribution in [2.75, 3.05) is 14.2 Å². The highest BCUT2D eigenvalue weighted by molar-refractivity contribution is 7.54. The van der Waals surface area contributed by atoms with E-state index >= 15 is 0 Å². The topological polar surface area (TPSA) is 83.1 Å². The van der Waals surface area contributed by atoms with E-state index in [0.29, 0.717) is 6.61 Å². The van der Waals surface area contributed by atoms with Gasteiger partial charge in [0.15, 0.2) is 5.78 Å². The molecule has 154 valence electrons. The summed E-state index contributed by atoms with van der Waals surface area (Å²) in [6.45, 7) is 9.37. The second-order valence-corrected chi connectivity index (χ2v) is 9.87. The van der Waals surface area contributed by atoms with Crippen molar-refractivity contribution < 1.29 is 27.9 Å². The number of ether oxygens (including phenoxy) is 2. The first-order chi connectivity index (χ1) is 12.5. The first kappa shape index (κ1) is 23.6. The highest BCUT2D eigenvalue weighted by atomic mass is 31.2. The number of carbonyl (C=O) groups excluding carboxylic acids is 1. The Morgan fingerprint density at radius 2 is 1.67 bits per heavy atom. The molecule has 0 spiro atoms. The molecular formula is C19H32NO6P. The van der Waals surface area contributed by atoms with Gasteiger partial charge in [0.25, 0.3) is 0 Å². The fourth-order valence-electron chi connectivity index (χ4n) is 2.49. The monoisotopic (exact) mass is 401 g/mol. The largest absolute Gasteiger partial charge is 0.444 e. The van der Waals surface area contributed by atoms with Gasteiger partial charge < -0.3 is 23.8 Å². The van der Waals surface area contributed by atoms with E-state index in [1.807, 2.05) is 44.2 Å². The summed E-state index contributed by atoms with van der Waals surface area (Å²) in [7, 11) is -1.12. The molecule has 1 rings (SSSR count). The molecule has 0 aliphatic rings. The van der Waals surface area contributed by atoms with E-state index in [2.05, 4.69) is 5.32 Å². The van der Waals surface area contributed by atoms with Crippen LogP contribution in [-0.2, 0) is 29.7 Å². The molecule has 1 aromatic carbocycles. The molecule has 0 fully saturated rings. The molecule has 0 heterocycles. The summed E-state index contributed by atoms with van der Waals surface area (Å²) in [4.78, 5) is 12.3. The van der Waals surface area contributed by atoms with E-state index in [1.54, 1.807) is 20.8 Å². The first-order valence-electron chi connectivity index (χ1n) is 8.88. The van der Waals surface area contributed by atoms with Crippen molar-refractivity contribution in [3.05, 3.63) is 35.9 Å². The summed E-state index contributed by atoms with van der Waals surface area (Å²) in [6, 6.07) is 9.60. The fraction of sp³-hybridized carbons (Fsp3) is 0.632. The van der Waals surface area contributed by atoms with Gasteiger partial charge in [-0.15, -0.1) is 0 Å². The maximum absolute atomic E-state index is 13.1. The molecule has 1 aromatic rings. The molecule has 0 aromatic heterocycles. The molecule has 1 N–H and O–H groups in total. The summed E-state index contributed by atoms with van der Waals surface area (Å²) in [6.07, 6.45) is -1.33. The van der Waals surface area contributed by atoms with E-state index in [1.165, 1.54) is 14.2 Å². The van der Waals surface area contributed by atoms with Crippen molar-refractivity contribution in [3.8, 4) is 0 Å². The SMILES string of the molecule is COP(=O)(OC)[C@@H](NC(=O)OC(C)(C)C)[C@@H](OCc1ccccc1)C(C)C. The minimum absolute atomic E-state index is 0.0766. The van der Waals surface area contributed by atoms with Crippen molar-refractivity contribution >= 4 is 13.7 Å². The summed E-state index contributed by atoms with van der Waals surface area (Å²) in [5, 5.41) is 2.63. The van der Waals surface area contributed by atoms with Gasteiger partial charge in [0.1, 0.15) is 5.60 Å². The van der Waals surface area contributed by atoms with Crippen molar-refractivity contribution in [1.29, 1.82) is 0 Å². The molecule has 1 amide bonds. The van der Waals surface area contributed by atoms with Crippen LogP contribution in [0.4, 0.5) is 4.79 Å².